The van der Waals surface area contributed by atoms with E-state index in [2.05, 4.69) is 5.32 Å². The second-order valence-corrected chi connectivity index (χ2v) is 4.21. The molecule has 1 amide bonds. The number of nitro groups is 1. The summed E-state index contributed by atoms with van der Waals surface area (Å²) in [4.78, 5) is 22.3. The Labute approximate surface area is 114 Å². The molecule has 1 heterocycles. The molecule has 0 radical (unpaired) electrons. The summed E-state index contributed by atoms with van der Waals surface area (Å²) in [5, 5.41) is 22.9. The molecule has 2 aromatic rings. The average molecular weight is 276 g/mol. The van der Waals surface area contributed by atoms with Gasteiger partial charge in [-0.15, -0.1) is 0 Å². The molecule has 2 rings (SSSR count). The van der Waals surface area contributed by atoms with Crippen LogP contribution in [-0.2, 0) is 0 Å². The Hall–Kier alpha value is -2.83. The van der Waals surface area contributed by atoms with Gasteiger partial charge in [-0.1, -0.05) is 6.07 Å². The monoisotopic (exact) mass is 276 g/mol. The number of carbonyl (C=O) groups is 1. The molecule has 104 valence electrons. The number of amides is 1. The number of carbonyl (C=O) groups excluding carboxylic acids is 1. The molecule has 0 spiro atoms. The van der Waals surface area contributed by atoms with Crippen molar-refractivity contribution in [2.45, 2.75) is 13.8 Å². The number of aromatic hydroxyl groups is 1. The molecule has 0 aliphatic heterocycles. The molecule has 0 saturated heterocycles. The minimum absolute atomic E-state index is 0.235. The molecule has 0 unspecified atom stereocenters. The number of hydrogen-bond acceptors (Lipinski definition) is 5. The summed E-state index contributed by atoms with van der Waals surface area (Å²) in [6, 6.07) is 5.31. The summed E-state index contributed by atoms with van der Waals surface area (Å²) in [5.41, 5.74) is -0.350. The molecule has 0 aliphatic carbocycles. The van der Waals surface area contributed by atoms with Gasteiger partial charge in [0, 0.05) is 6.07 Å². The van der Waals surface area contributed by atoms with Crippen molar-refractivity contribution in [1.82, 2.24) is 0 Å². The number of aryl methyl sites for hydroxylation is 2. The maximum Gasteiger partial charge on any atom is 0.296 e. The van der Waals surface area contributed by atoms with Crippen molar-refractivity contribution >= 4 is 17.3 Å². The smallest absolute Gasteiger partial charge is 0.296 e. The second kappa shape index (κ2) is 5.04. The highest BCUT2D eigenvalue weighted by atomic mass is 16.6. The quantitative estimate of drug-likeness (QED) is 0.509. The van der Waals surface area contributed by atoms with E-state index in [-0.39, 0.29) is 22.7 Å². The Morgan fingerprint density at radius 3 is 2.65 bits per heavy atom. The van der Waals surface area contributed by atoms with Gasteiger partial charge in [0.1, 0.15) is 17.3 Å². The first-order valence-corrected chi connectivity index (χ1v) is 5.75. The van der Waals surface area contributed by atoms with Crippen molar-refractivity contribution in [2.75, 3.05) is 5.32 Å². The molecule has 0 saturated carbocycles. The molecule has 1 aromatic carbocycles. The third-order valence-electron chi connectivity index (χ3n) is 2.74. The van der Waals surface area contributed by atoms with Crippen LogP contribution in [0.3, 0.4) is 0 Å². The summed E-state index contributed by atoms with van der Waals surface area (Å²) >= 11 is 0. The number of rotatable bonds is 3. The van der Waals surface area contributed by atoms with Crippen molar-refractivity contribution in [2.24, 2.45) is 0 Å². The van der Waals surface area contributed by atoms with Gasteiger partial charge >= 0.3 is 0 Å². The lowest BCUT2D eigenvalue weighted by molar-refractivity contribution is -0.384. The van der Waals surface area contributed by atoms with Crippen molar-refractivity contribution in [3.8, 4) is 5.75 Å². The normalized spacial score (nSPS) is 10.3. The van der Waals surface area contributed by atoms with E-state index in [4.69, 9.17) is 4.42 Å². The van der Waals surface area contributed by atoms with E-state index >= 15 is 0 Å². The van der Waals surface area contributed by atoms with E-state index in [0.29, 0.717) is 11.5 Å². The van der Waals surface area contributed by atoms with Gasteiger partial charge in [-0.3, -0.25) is 14.9 Å². The Balaban J connectivity index is 2.37. The lowest BCUT2D eigenvalue weighted by atomic mass is 10.2. The van der Waals surface area contributed by atoms with Crippen LogP contribution in [0.25, 0.3) is 0 Å². The van der Waals surface area contributed by atoms with Crippen LogP contribution >= 0.6 is 0 Å². The van der Waals surface area contributed by atoms with Gasteiger partial charge in [0.2, 0.25) is 0 Å². The van der Waals surface area contributed by atoms with Gasteiger partial charge in [-0.2, -0.15) is 0 Å². The van der Waals surface area contributed by atoms with E-state index in [9.17, 15) is 20.0 Å². The van der Waals surface area contributed by atoms with Gasteiger partial charge < -0.3 is 14.8 Å². The zero-order chi connectivity index (χ0) is 14.9. The Morgan fingerprint density at radius 2 is 2.10 bits per heavy atom. The van der Waals surface area contributed by atoms with Crippen LogP contribution in [0.4, 0.5) is 11.4 Å². The van der Waals surface area contributed by atoms with Crippen molar-refractivity contribution in [3.63, 3.8) is 0 Å². The lowest BCUT2D eigenvalue weighted by Gasteiger charge is -2.07. The highest BCUT2D eigenvalue weighted by molar-refractivity contribution is 6.07. The van der Waals surface area contributed by atoms with E-state index in [1.807, 2.05) is 0 Å². The molecule has 7 heteroatoms. The Kier molecular flexibility index (Phi) is 3.43. The Bertz CT molecular complexity index is 690. The third-order valence-corrected chi connectivity index (χ3v) is 2.74. The first-order valence-electron chi connectivity index (χ1n) is 5.75. The molecule has 2 N–H and O–H groups in total. The van der Waals surface area contributed by atoms with Crippen molar-refractivity contribution < 1.29 is 19.2 Å². The molecule has 0 bridgehead atoms. The molecule has 0 atom stereocenters. The van der Waals surface area contributed by atoms with Crippen LogP contribution in [0.1, 0.15) is 21.9 Å². The van der Waals surface area contributed by atoms with Crippen LogP contribution in [-0.4, -0.2) is 15.9 Å². The van der Waals surface area contributed by atoms with E-state index in [1.54, 1.807) is 13.8 Å². The minimum atomic E-state index is -0.678. The van der Waals surface area contributed by atoms with Gasteiger partial charge in [0.25, 0.3) is 11.6 Å². The lowest BCUT2D eigenvalue weighted by Crippen LogP contribution is -2.13. The van der Waals surface area contributed by atoms with E-state index in [0.717, 1.165) is 0 Å². The zero-order valence-corrected chi connectivity index (χ0v) is 10.8. The van der Waals surface area contributed by atoms with Crippen molar-refractivity contribution in [3.05, 3.63) is 51.5 Å². The predicted octanol–water partition coefficient (Wildman–Crippen LogP) is 2.76. The molecule has 7 nitrogen and oxygen atoms in total. The van der Waals surface area contributed by atoms with Gasteiger partial charge in [0.05, 0.1) is 10.5 Å². The summed E-state index contributed by atoms with van der Waals surface area (Å²) in [6.07, 6.45) is 0. The third kappa shape index (κ3) is 2.46. The number of phenolic OH excluding ortho intramolecular Hbond substituents is 1. The summed E-state index contributed by atoms with van der Waals surface area (Å²) in [5.74, 6) is 0.00637. The van der Waals surface area contributed by atoms with Gasteiger partial charge in [0.15, 0.2) is 5.69 Å². The average Bonchev–Trinajstić information content (AvgIpc) is 2.70. The minimum Gasteiger partial charge on any atom is -0.505 e. The summed E-state index contributed by atoms with van der Waals surface area (Å²) < 4.78 is 5.22. The first kappa shape index (κ1) is 13.6. The maximum absolute atomic E-state index is 12.1. The number of phenols is 1. The number of para-hydroxylation sites is 1. The fourth-order valence-corrected chi connectivity index (χ4v) is 1.85. The number of nitro benzene ring substituents is 1. The number of nitrogens with zero attached hydrogens (tertiary/aromatic N) is 1. The van der Waals surface area contributed by atoms with Crippen LogP contribution in [0.15, 0.2) is 28.7 Å². The van der Waals surface area contributed by atoms with E-state index < -0.39 is 10.8 Å². The summed E-state index contributed by atoms with van der Waals surface area (Å²) in [7, 11) is 0. The van der Waals surface area contributed by atoms with Gasteiger partial charge in [-0.05, 0) is 26.0 Å². The SMILES string of the molecule is Cc1cc(C(=O)Nc2c(O)cccc2[N+](=O)[O-])c(C)o1. The molecule has 20 heavy (non-hydrogen) atoms. The standard InChI is InChI=1S/C13H12N2O5/c1-7-6-9(8(2)20-7)13(17)14-12-10(15(18)19)4-3-5-11(12)16/h3-6,16H,1-2H3,(H,14,17). The van der Waals surface area contributed by atoms with Crippen LogP contribution in [0.2, 0.25) is 0 Å². The fraction of sp³-hybridized carbons (Fsp3) is 0.154. The Morgan fingerprint density at radius 1 is 1.40 bits per heavy atom. The first-order chi connectivity index (χ1) is 9.40. The molecule has 1 aromatic heterocycles. The van der Waals surface area contributed by atoms with E-state index in [1.165, 1.54) is 24.3 Å². The highest BCUT2D eigenvalue weighted by Crippen LogP contribution is 2.33. The molecular formula is C13H12N2O5. The topological polar surface area (TPSA) is 106 Å². The predicted molar refractivity (Wildman–Crippen MR) is 70.9 cm³/mol. The second-order valence-electron chi connectivity index (χ2n) is 4.21. The number of benzene rings is 1. The van der Waals surface area contributed by atoms with Gasteiger partial charge in [-0.25, -0.2) is 0 Å². The number of furan rings is 1. The van der Waals surface area contributed by atoms with Crippen molar-refractivity contribution in [1.29, 1.82) is 0 Å². The highest BCUT2D eigenvalue weighted by Gasteiger charge is 2.22. The summed E-state index contributed by atoms with van der Waals surface area (Å²) in [6.45, 7) is 3.30. The maximum atomic E-state index is 12.1. The fourth-order valence-electron chi connectivity index (χ4n) is 1.85. The van der Waals surface area contributed by atoms with Crippen LogP contribution in [0.5, 0.6) is 5.75 Å². The molecular weight excluding hydrogens is 264 g/mol. The largest absolute Gasteiger partial charge is 0.505 e. The number of anilines is 1. The number of nitrogens with one attached hydrogen (secondary N) is 1. The van der Waals surface area contributed by atoms with Crippen LogP contribution < -0.4 is 5.32 Å². The zero-order valence-electron chi connectivity index (χ0n) is 10.8. The van der Waals surface area contributed by atoms with Crippen LogP contribution in [0, 0.1) is 24.0 Å². The molecule has 0 fully saturated rings. The number of hydrogen-bond donors (Lipinski definition) is 2. The molecule has 0 aliphatic rings.